The van der Waals surface area contributed by atoms with Gasteiger partial charge in [-0.3, -0.25) is 4.79 Å². The molecule has 3 heterocycles. The molecule has 178 valence electrons. The fourth-order valence-electron chi connectivity index (χ4n) is 4.75. The quantitative estimate of drug-likeness (QED) is 0.677. The van der Waals surface area contributed by atoms with Gasteiger partial charge in [-0.05, 0) is 49.7 Å². The lowest BCUT2D eigenvalue weighted by molar-refractivity contribution is -0.192. The number of aliphatic carboxylic acids is 1. The van der Waals surface area contributed by atoms with Crippen LogP contribution in [0.25, 0.3) is 0 Å². The smallest absolute Gasteiger partial charge is 0.475 e. The number of hydrogen-bond donors (Lipinski definition) is 2. The van der Waals surface area contributed by atoms with E-state index in [1.807, 2.05) is 29.3 Å². The van der Waals surface area contributed by atoms with Crippen LogP contribution in [0.5, 0.6) is 0 Å². The summed E-state index contributed by atoms with van der Waals surface area (Å²) >= 11 is 0. The molecule has 1 amide bonds. The van der Waals surface area contributed by atoms with Crippen LogP contribution in [-0.2, 0) is 14.3 Å². The Labute approximate surface area is 185 Å². The van der Waals surface area contributed by atoms with Crippen LogP contribution < -0.4 is 5.32 Å². The minimum Gasteiger partial charge on any atom is -0.475 e. The number of anilines is 1. The largest absolute Gasteiger partial charge is 0.490 e. The highest BCUT2D eigenvalue weighted by atomic mass is 19.4. The minimum atomic E-state index is -5.08. The number of ether oxygens (including phenoxy) is 1. The Morgan fingerprint density at radius 1 is 1.22 bits per heavy atom. The van der Waals surface area contributed by atoms with E-state index in [9.17, 15) is 18.0 Å². The molecular weight excluding hydrogens is 427 g/mol. The molecule has 1 saturated carbocycles. The molecule has 1 aromatic heterocycles. The van der Waals surface area contributed by atoms with Crippen LogP contribution in [0.4, 0.5) is 19.0 Å². The van der Waals surface area contributed by atoms with Crippen molar-refractivity contribution in [2.24, 2.45) is 11.8 Å². The van der Waals surface area contributed by atoms with E-state index in [0.717, 1.165) is 51.3 Å². The van der Waals surface area contributed by atoms with Crippen LogP contribution >= 0.6 is 0 Å². The molecule has 1 atom stereocenters. The van der Waals surface area contributed by atoms with E-state index >= 15 is 0 Å². The van der Waals surface area contributed by atoms with Crippen LogP contribution in [0.1, 0.15) is 44.9 Å². The second-order valence-electron chi connectivity index (χ2n) is 8.74. The molecule has 3 fully saturated rings. The first kappa shape index (κ1) is 24.3. The van der Waals surface area contributed by atoms with Crippen molar-refractivity contribution in [3.05, 3.63) is 24.4 Å². The molecule has 1 aromatic rings. The van der Waals surface area contributed by atoms with Crippen LogP contribution in [0.2, 0.25) is 0 Å². The van der Waals surface area contributed by atoms with Crippen molar-refractivity contribution in [2.75, 3.05) is 31.6 Å². The van der Waals surface area contributed by atoms with Crippen molar-refractivity contribution >= 4 is 17.7 Å². The van der Waals surface area contributed by atoms with Crippen molar-refractivity contribution in [3.63, 3.8) is 0 Å². The number of carboxylic acids is 1. The maximum absolute atomic E-state index is 12.5. The lowest BCUT2D eigenvalue weighted by atomic mass is 9.78. The van der Waals surface area contributed by atoms with E-state index in [4.69, 9.17) is 14.6 Å². The number of nitrogens with zero attached hydrogens (tertiary/aromatic N) is 2. The highest BCUT2D eigenvalue weighted by Crippen LogP contribution is 2.42. The monoisotopic (exact) mass is 457 g/mol. The zero-order chi connectivity index (χ0) is 23.2. The number of rotatable bonds is 6. The molecule has 10 heteroatoms. The van der Waals surface area contributed by atoms with Crippen molar-refractivity contribution in [1.82, 2.24) is 9.88 Å². The summed E-state index contributed by atoms with van der Waals surface area (Å²) < 4.78 is 37.8. The van der Waals surface area contributed by atoms with Gasteiger partial charge in [0.25, 0.3) is 0 Å². The van der Waals surface area contributed by atoms with Crippen molar-refractivity contribution < 1.29 is 32.6 Å². The topological polar surface area (TPSA) is 91.8 Å². The fourth-order valence-corrected chi connectivity index (χ4v) is 4.75. The van der Waals surface area contributed by atoms with Crippen molar-refractivity contribution in [3.8, 4) is 0 Å². The van der Waals surface area contributed by atoms with Crippen LogP contribution in [-0.4, -0.2) is 64.9 Å². The maximum atomic E-state index is 12.5. The lowest BCUT2D eigenvalue weighted by Gasteiger charge is -2.50. The summed E-state index contributed by atoms with van der Waals surface area (Å²) in [5.41, 5.74) is -0.0723. The van der Waals surface area contributed by atoms with E-state index in [1.54, 1.807) is 0 Å². The molecule has 0 aromatic carbocycles. The van der Waals surface area contributed by atoms with Gasteiger partial charge in [-0.15, -0.1) is 0 Å². The number of hydrogen-bond acceptors (Lipinski definition) is 5. The Bertz CT molecular complexity index is 763. The standard InChI is InChI=1S/C20H29N3O2.C2HF3O2/c24-19(13-16-5-1-2-6-16)23-14-20(15-23)17(9-12-25-20)8-11-22-18-7-3-4-10-21-18;3-2(4,5)1(6)7/h3-4,7,10,16-17H,1-2,5-6,8-9,11-15H2,(H,21,22);(H,6,7). The Morgan fingerprint density at radius 2 is 1.91 bits per heavy atom. The summed E-state index contributed by atoms with van der Waals surface area (Å²) in [7, 11) is 0. The Kier molecular flexibility index (Phi) is 7.97. The highest BCUT2D eigenvalue weighted by molar-refractivity contribution is 5.77. The fraction of sp³-hybridized carbons (Fsp3) is 0.682. The van der Waals surface area contributed by atoms with Gasteiger partial charge in [0.05, 0.1) is 13.1 Å². The third-order valence-electron chi connectivity index (χ3n) is 6.51. The van der Waals surface area contributed by atoms with Crippen molar-refractivity contribution in [1.29, 1.82) is 0 Å². The second kappa shape index (κ2) is 10.5. The predicted molar refractivity (Wildman–Crippen MR) is 111 cm³/mol. The Morgan fingerprint density at radius 3 is 2.50 bits per heavy atom. The van der Waals surface area contributed by atoms with Crippen LogP contribution in [0.15, 0.2) is 24.4 Å². The summed E-state index contributed by atoms with van der Waals surface area (Å²) in [6.07, 6.45) is 4.73. The first-order valence-corrected chi connectivity index (χ1v) is 11.1. The first-order chi connectivity index (χ1) is 15.2. The van der Waals surface area contributed by atoms with Gasteiger partial charge in [0.2, 0.25) is 5.91 Å². The molecule has 1 aliphatic carbocycles. The average molecular weight is 457 g/mol. The Balaban J connectivity index is 0.000000360. The second-order valence-corrected chi connectivity index (χ2v) is 8.74. The van der Waals surface area contributed by atoms with E-state index in [2.05, 4.69) is 10.3 Å². The normalized spacial score (nSPS) is 22.2. The zero-order valence-corrected chi connectivity index (χ0v) is 17.9. The number of alkyl halides is 3. The molecule has 2 saturated heterocycles. The van der Waals surface area contributed by atoms with Gasteiger partial charge in [0.1, 0.15) is 11.4 Å². The number of carbonyl (C=O) groups is 2. The molecule has 1 spiro atoms. The van der Waals surface area contributed by atoms with Gasteiger partial charge in [0.15, 0.2) is 0 Å². The molecule has 7 nitrogen and oxygen atoms in total. The first-order valence-electron chi connectivity index (χ1n) is 11.1. The lowest BCUT2D eigenvalue weighted by Crippen LogP contribution is -2.66. The molecular formula is C22H30F3N3O4. The summed E-state index contributed by atoms with van der Waals surface area (Å²) in [6.45, 7) is 3.33. The molecule has 0 radical (unpaired) electrons. The van der Waals surface area contributed by atoms with Crippen LogP contribution in [0, 0.1) is 11.8 Å². The number of likely N-dealkylation sites (tertiary alicyclic amines) is 1. The number of halogens is 3. The molecule has 0 bridgehead atoms. The van der Waals surface area contributed by atoms with Gasteiger partial charge in [0, 0.05) is 25.8 Å². The molecule has 32 heavy (non-hydrogen) atoms. The van der Waals surface area contributed by atoms with E-state index in [1.165, 1.54) is 25.7 Å². The summed E-state index contributed by atoms with van der Waals surface area (Å²) in [5.74, 6) is -0.311. The van der Waals surface area contributed by atoms with Gasteiger partial charge in [-0.25, -0.2) is 9.78 Å². The number of amides is 1. The third-order valence-corrected chi connectivity index (χ3v) is 6.51. The van der Waals surface area contributed by atoms with E-state index < -0.39 is 12.1 Å². The minimum absolute atomic E-state index is 0.0723. The molecule has 1 unspecified atom stereocenters. The number of nitrogens with one attached hydrogen (secondary N) is 1. The van der Waals surface area contributed by atoms with Gasteiger partial charge in [-0.1, -0.05) is 18.9 Å². The number of aromatic nitrogens is 1. The van der Waals surface area contributed by atoms with E-state index in [-0.39, 0.29) is 5.60 Å². The molecule has 4 rings (SSSR count). The highest BCUT2D eigenvalue weighted by Gasteiger charge is 2.54. The van der Waals surface area contributed by atoms with Gasteiger partial charge < -0.3 is 20.1 Å². The molecule has 2 N–H and O–H groups in total. The Hall–Kier alpha value is -2.36. The van der Waals surface area contributed by atoms with Gasteiger partial charge >= 0.3 is 12.1 Å². The summed E-state index contributed by atoms with van der Waals surface area (Å²) in [4.78, 5) is 27.7. The van der Waals surface area contributed by atoms with Crippen LogP contribution in [0.3, 0.4) is 0 Å². The predicted octanol–water partition coefficient (Wildman–Crippen LogP) is 3.71. The number of pyridine rings is 1. The maximum Gasteiger partial charge on any atom is 0.490 e. The van der Waals surface area contributed by atoms with Gasteiger partial charge in [-0.2, -0.15) is 13.2 Å². The zero-order valence-electron chi connectivity index (χ0n) is 17.9. The molecule has 3 aliphatic rings. The van der Waals surface area contributed by atoms with Crippen molar-refractivity contribution in [2.45, 2.75) is 56.7 Å². The summed E-state index contributed by atoms with van der Waals surface area (Å²) in [6, 6.07) is 5.92. The third kappa shape index (κ3) is 6.34. The number of carboxylic acid groups (broad SMARTS) is 1. The summed E-state index contributed by atoms with van der Waals surface area (Å²) in [5, 5.41) is 10.5. The average Bonchev–Trinajstić information content (AvgIpc) is 3.37. The molecule has 2 aliphatic heterocycles. The van der Waals surface area contributed by atoms with E-state index in [0.29, 0.717) is 17.7 Å². The number of carbonyl (C=O) groups excluding carboxylic acids is 1. The SMILES string of the molecule is O=C(CC1CCCC1)N1CC2(C1)OCCC2CCNc1ccccn1.O=C(O)C(F)(F)F.